The Morgan fingerprint density at radius 1 is 1.32 bits per heavy atom. The smallest absolute Gasteiger partial charge is 0.326 e. The number of carbonyl (C=O) groups is 2. The lowest BCUT2D eigenvalue weighted by atomic mass is 9.87. The number of carbonyl (C=O) groups excluding carboxylic acids is 1. The summed E-state index contributed by atoms with van der Waals surface area (Å²) in [4.78, 5) is 24.4. The van der Waals surface area contributed by atoms with Crippen LogP contribution in [0.4, 0.5) is 5.69 Å². The average molecular weight is 308 g/mol. The maximum atomic E-state index is 11.6. The van der Waals surface area contributed by atoms with Crippen LogP contribution in [0.1, 0.15) is 13.3 Å². The topological polar surface area (TPSA) is 110 Å². The van der Waals surface area contributed by atoms with Crippen LogP contribution in [0, 0.1) is 0 Å². The molecule has 0 aliphatic carbocycles. The molecule has 1 aromatic rings. The third-order valence-corrected chi connectivity index (χ3v) is 3.88. The van der Waals surface area contributed by atoms with E-state index in [9.17, 15) is 24.9 Å². The highest BCUT2D eigenvalue weighted by molar-refractivity contribution is 5.80. The van der Waals surface area contributed by atoms with Gasteiger partial charge in [-0.1, -0.05) is 18.2 Å². The molecule has 1 aliphatic rings. The molecule has 1 heterocycles. The van der Waals surface area contributed by atoms with Gasteiger partial charge in [-0.3, -0.25) is 4.79 Å². The molecule has 4 N–H and O–H groups in total. The second-order valence-electron chi connectivity index (χ2n) is 5.38. The largest absolute Gasteiger partial charge is 0.480 e. The van der Waals surface area contributed by atoms with E-state index in [-0.39, 0.29) is 18.9 Å². The van der Waals surface area contributed by atoms with Crippen LogP contribution < -0.4 is 10.2 Å². The third-order valence-electron chi connectivity index (χ3n) is 3.88. The van der Waals surface area contributed by atoms with Gasteiger partial charge >= 0.3 is 5.97 Å². The number of benzene rings is 1. The first-order valence-electron chi connectivity index (χ1n) is 7.08. The summed E-state index contributed by atoms with van der Waals surface area (Å²) >= 11 is 0. The van der Waals surface area contributed by atoms with Gasteiger partial charge in [0.05, 0.1) is 24.8 Å². The molecule has 0 unspecified atom stereocenters. The lowest BCUT2D eigenvalue weighted by Gasteiger charge is -2.47. The molecule has 1 aliphatic heterocycles. The van der Waals surface area contributed by atoms with Crippen molar-refractivity contribution in [1.82, 2.24) is 5.32 Å². The molecule has 0 radical (unpaired) electrons. The predicted molar refractivity (Wildman–Crippen MR) is 79.4 cm³/mol. The van der Waals surface area contributed by atoms with Crippen molar-refractivity contribution in [3.63, 3.8) is 0 Å². The molecular weight excluding hydrogens is 288 g/mol. The summed E-state index contributed by atoms with van der Waals surface area (Å²) in [6.07, 6.45) is -1.08. The number of anilines is 1. The van der Waals surface area contributed by atoms with Crippen molar-refractivity contribution >= 4 is 17.6 Å². The number of carboxylic acids is 1. The molecule has 7 heteroatoms. The Bertz CT molecular complexity index is 536. The normalized spacial score (nSPS) is 28.2. The molecule has 1 fully saturated rings. The molecule has 1 amide bonds. The molecule has 0 saturated carbocycles. The van der Waals surface area contributed by atoms with Gasteiger partial charge in [0.15, 0.2) is 0 Å². The first kappa shape index (κ1) is 16.3. The number of amides is 1. The highest BCUT2D eigenvalue weighted by atomic mass is 16.4. The molecule has 4 atom stereocenters. The van der Waals surface area contributed by atoms with E-state index in [0.29, 0.717) is 5.69 Å². The molecule has 7 nitrogen and oxygen atoms in total. The summed E-state index contributed by atoms with van der Waals surface area (Å²) in [7, 11) is 0. The van der Waals surface area contributed by atoms with Crippen LogP contribution >= 0.6 is 0 Å². The van der Waals surface area contributed by atoms with E-state index in [4.69, 9.17) is 0 Å². The maximum Gasteiger partial charge on any atom is 0.326 e. The number of para-hydroxylation sites is 1. The van der Waals surface area contributed by atoms with Crippen LogP contribution in [0.25, 0.3) is 0 Å². The van der Waals surface area contributed by atoms with Crippen LogP contribution in [0.3, 0.4) is 0 Å². The van der Waals surface area contributed by atoms with E-state index in [1.54, 1.807) is 35.2 Å². The van der Waals surface area contributed by atoms with Gasteiger partial charge in [-0.2, -0.15) is 0 Å². The zero-order valence-corrected chi connectivity index (χ0v) is 12.2. The first-order valence-corrected chi connectivity index (χ1v) is 7.08. The van der Waals surface area contributed by atoms with Gasteiger partial charge in [0.1, 0.15) is 6.04 Å². The van der Waals surface area contributed by atoms with Crippen molar-refractivity contribution in [2.45, 2.75) is 37.6 Å². The summed E-state index contributed by atoms with van der Waals surface area (Å²) in [6, 6.07) is 6.37. The molecular formula is C15H20N2O5. The lowest BCUT2D eigenvalue weighted by Crippen LogP contribution is -2.67. The van der Waals surface area contributed by atoms with Gasteiger partial charge in [0, 0.05) is 19.0 Å². The monoisotopic (exact) mass is 308 g/mol. The Hall–Kier alpha value is -2.12. The van der Waals surface area contributed by atoms with E-state index >= 15 is 0 Å². The number of rotatable bonds is 4. The van der Waals surface area contributed by atoms with Crippen LogP contribution in [0.15, 0.2) is 30.3 Å². The molecule has 0 aromatic heterocycles. The Morgan fingerprint density at radius 3 is 2.45 bits per heavy atom. The van der Waals surface area contributed by atoms with Crippen molar-refractivity contribution < 1.29 is 24.9 Å². The molecule has 0 spiro atoms. The number of carboxylic acid groups (broad SMARTS) is 1. The number of nitrogens with one attached hydrogen (secondary N) is 1. The van der Waals surface area contributed by atoms with E-state index in [1.165, 1.54) is 6.92 Å². The highest BCUT2D eigenvalue weighted by Crippen LogP contribution is 2.30. The van der Waals surface area contributed by atoms with Crippen LogP contribution in [0.5, 0.6) is 0 Å². The van der Waals surface area contributed by atoms with E-state index in [0.717, 1.165) is 0 Å². The SMILES string of the molecule is CC(=O)N[C@@H]1[C@@H](O)C[C@@H](C(=O)O)N(c2ccccc2)[C@H]1CO. The molecule has 0 bridgehead atoms. The van der Waals surface area contributed by atoms with Crippen molar-refractivity contribution in [2.24, 2.45) is 0 Å². The predicted octanol–water partition coefficient (Wildman–Crippen LogP) is -0.424. The molecule has 1 aromatic carbocycles. The minimum absolute atomic E-state index is 0.0360. The molecule has 120 valence electrons. The summed E-state index contributed by atoms with van der Waals surface area (Å²) in [5.74, 6) is -1.42. The standard InChI is InChI=1S/C15H20N2O5/c1-9(19)16-14-12(8-18)17(10-5-3-2-4-6-10)11(15(21)22)7-13(14)20/h2-6,11-14,18,20H,7-8H2,1H3,(H,16,19)(H,21,22)/t11-,12-,13-,14-/m0/s1. The van der Waals surface area contributed by atoms with Crippen molar-refractivity contribution in [3.05, 3.63) is 30.3 Å². The molecule has 22 heavy (non-hydrogen) atoms. The number of aliphatic hydroxyl groups excluding tert-OH is 2. The number of piperidine rings is 1. The molecule has 1 saturated heterocycles. The fourth-order valence-electron chi connectivity index (χ4n) is 2.97. The second kappa shape index (κ2) is 6.76. The lowest BCUT2D eigenvalue weighted by molar-refractivity contribution is -0.140. The van der Waals surface area contributed by atoms with Crippen LogP contribution in [-0.4, -0.2) is 58.0 Å². The van der Waals surface area contributed by atoms with Gasteiger partial charge in [0.2, 0.25) is 5.91 Å². The fraction of sp³-hybridized carbons (Fsp3) is 0.467. The molecule has 2 rings (SSSR count). The van der Waals surface area contributed by atoms with E-state index < -0.39 is 30.2 Å². The number of aliphatic carboxylic acids is 1. The highest BCUT2D eigenvalue weighted by Gasteiger charge is 2.45. The zero-order valence-electron chi connectivity index (χ0n) is 12.2. The zero-order chi connectivity index (χ0) is 16.3. The summed E-state index contributed by atoms with van der Waals surface area (Å²) in [6.45, 7) is 0.929. The van der Waals surface area contributed by atoms with Gasteiger partial charge in [-0.15, -0.1) is 0 Å². The third kappa shape index (κ3) is 3.20. The summed E-state index contributed by atoms with van der Waals surface area (Å²) in [5, 5.41) is 32.0. The average Bonchev–Trinajstić information content (AvgIpc) is 2.48. The van der Waals surface area contributed by atoms with Gasteiger partial charge in [-0.25, -0.2) is 4.79 Å². The van der Waals surface area contributed by atoms with Gasteiger partial charge in [0.25, 0.3) is 0 Å². The van der Waals surface area contributed by atoms with Crippen LogP contribution in [-0.2, 0) is 9.59 Å². The Kier molecular flexibility index (Phi) is 4.99. The van der Waals surface area contributed by atoms with Crippen molar-refractivity contribution in [3.8, 4) is 0 Å². The number of hydrogen-bond donors (Lipinski definition) is 4. The van der Waals surface area contributed by atoms with Crippen LogP contribution in [0.2, 0.25) is 0 Å². The number of aliphatic hydroxyl groups is 2. The van der Waals surface area contributed by atoms with Gasteiger partial charge < -0.3 is 25.5 Å². The summed E-state index contributed by atoms with van der Waals surface area (Å²) < 4.78 is 0. The van der Waals surface area contributed by atoms with Crippen molar-refractivity contribution in [1.29, 1.82) is 0 Å². The van der Waals surface area contributed by atoms with E-state index in [2.05, 4.69) is 5.32 Å². The minimum Gasteiger partial charge on any atom is -0.480 e. The number of hydrogen-bond acceptors (Lipinski definition) is 5. The number of nitrogens with zero attached hydrogens (tertiary/aromatic N) is 1. The second-order valence-corrected chi connectivity index (χ2v) is 5.38. The first-order chi connectivity index (χ1) is 10.5. The van der Waals surface area contributed by atoms with Gasteiger partial charge in [-0.05, 0) is 12.1 Å². The maximum absolute atomic E-state index is 11.6. The Morgan fingerprint density at radius 2 is 1.95 bits per heavy atom. The quantitative estimate of drug-likeness (QED) is 0.601. The Labute approximate surface area is 128 Å². The Balaban J connectivity index is 2.42. The van der Waals surface area contributed by atoms with E-state index in [1.807, 2.05) is 0 Å². The summed E-state index contributed by atoms with van der Waals surface area (Å²) in [5.41, 5.74) is 0.621. The minimum atomic E-state index is -1.08. The fourth-order valence-corrected chi connectivity index (χ4v) is 2.97. The van der Waals surface area contributed by atoms with Crippen molar-refractivity contribution in [2.75, 3.05) is 11.5 Å².